The number of ketones is 1. The monoisotopic (exact) mass is 748 g/mol. The average molecular weight is 749 g/mol. The van der Waals surface area contributed by atoms with Gasteiger partial charge < -0.3 is 38.4 Å². The van der Waals surface area contributed by atoms with Crippen LogP contribution in [0.15, 0.2) is 121 Å². The van der Waals surface area contributed by atoms with Gasteiger partial charge in [0.2, 0.25) is 0 Å². The van der Waals surface area contributed by atoms with Gasteiger partial charge in [-0.2, -0.15) is 0 Å². The molecule has 0 aliphatic heterocycles. The van der Waals surface area contributed by atoms with Crippen LogP contribution >= 0.6 is 0 Å². The highest BCUT2D eigenvalue weighted by Gasteiger charge is 2.52. The molecule has 55 heavy (non-hydrogen) atoms. The number of carbonyl (C=O) groups excluding carboxylic acids is 1. The molecule has 10 heteroatoms. The van der Waals surface area contributed by atoms with Crippen LogP contribution in [0.4, 0.5) is 5.69 Å². The van der Waals surface area contributed by atoms with Gasteiger partial charge in [-0.1, -0.05) is 36.4 Å². The number of anilines is 1. The molecule has 1 fully saturated rings. The lowest BCUT2D eigenvalue weighted by molar-refractivity contribution is -0.146. The molecule has 2 aliphatic rings. The number of allylic oxidation sites excluding steroid dienone is 2. The topological polar surface area (TPSA) is 99.2 Å². The van der Waals surface area contributed by atoms with E-state index < -0.39 is 17.9 Å². The standard InChI is InChI=1S/C45H52N2O8/c1-5-46(26-29-53-39-20-14-36(50-2)15-21-39)34-10-6-32(7-11-34)42-44(48)43(45(42)49)33-8-12-35(13-9-33)47(27-30-54-40-22-16-37(51-3)17-23-40)28-31-55-41-24-18-38(52-4)19-25-41/h6-25,33,35,42-44,48H,5,26-31H2,1-4H3. The first kappa shape index (κ1) is 39.2. The van der Waals surface area contributed by atoms with E-state index in [2.05, 4.69) is 41.0 Å². The van der Waals surface area contributed by atoms with Crippen LogP contribution in [0.2, 0.25) is 0 Å². The van der Waals surface area contributed by atoms with Crippen LogP contribution in [0.5, 0.6) is 34.5 Å². The van der Waals surface area contributed by atoms with Crippen molar-refractivity contribution in [3.8, 4) is 34.5 Å². The van der Waals surface area contributed by atoms with Gasteiger partial charge in [0.05, 0.1) is 45.8 Å². The molecule has 6 rings (SSSR count). The summed E-state index contributed by atoms with van der Waals surface area (Å²) in [6.07, 6.45) is 7.59. The number of Topliss-reactive ketones (excluding diaryl/α,β-unsaturated/α-hetero) is 1. The minimum Gasteiger partial charge on any atom is -0.497 e. The largest absolute Gasteiger partial charge is 0.497 e. The molecule has 1 N–H and O–H groups in total. The second-order valence-corrected chi connectivity index (χ2v) is 13.5. The maximum atomic E-state index is 13.6. The lowest BCUT2D eigenvalue weighted by Gasteiger charge is -2.43. The van der Waals surface area contributed by atoms with Crippen LogP contribution in [0, 0.1) is 11.8 Å². The number of aliphatic hydroxyl groups is 1. The fourth-order valence-electron chi connectivity index (χ4n) is 7.13. The number of nitrogens with zero attached hydrogens (tertiary/aromatic N) is 2. The summed E-state index contributed by atoms with van der Waals surface area (Å²) in [5.74, 6) is 3.55. The Bertz CT molecular complexity index is 1780. The van der Waals surface area contributed by atoms with E-state index in [9.17, 15) is 9.90 Å². The Hall–Kier alpha value is -5.45. The molecule has 10 nitrogen and oxygen atoms in total. The molecule has 4 aromatic carbocycles. The molecule has 0 bridgehead atoms. The maximum Gasteiger partial charge on any atom is 0.149 e. The number of carbonyl (C=O) groups is 1. The molecule has 290 valence electrons. The van der Waals surface area contributed by atoms with Crippen molar-refractivity contribution in [2.75, 3.05) is 72.2 Å². The van der Waals surface area contributed by atoms with Crippen molar-refractivity contribution in [1.29, 1.82) is 0 Å². The van der Waals surface area contributed by atoms with Crippen molar-refractivity contribution >= 4 is 11.5 Å². The molecule has 0 radical (unpaired) electrons. The Balaban J connectivity index is 1.02. The molecule has 3 atom stereocenters. The molecule has 0 saturated heterocycles. The summed E-state index contributed by atoms with van der Waals surface area (Å²) < 4.78 is 33.8. The van der Waals surface area contributed by atoms with Crippen LogP contribution < -0.4 is 33.3 Å². The predicted octanol–water partition coefficient (Wildman–Crippen LogP) is 6.83. The predicted molar refractivity (Wildman–Crippen MR) is 214 cm³/mol. The zero-order valence-corrected chi connectivity index (χ0v) is 32.1. The van der Waals surface area contributed by atoms with Crippen LogP contribution in [-0.2, 0) is 4.79 Å². The molecule has 0 amide bonds. The van der Waals surface area contributed by atoms with Gasteiger partial charge in [0.1, 0.15) is 60.1 Å². The number of methoxy groups -OCH3 is 3. The molecule has 0 spiro atoms. The Morgan fingerprint density at radius 1 is 0.564 bits per heavy atom. The minimum atomic E-state index is -0.763. The van der Waals surface area contributed by atoms with E-state index in [1.54, 1.807) is 21.3 Å². The van der Waals surface area contributed by atoms with E-state index >= 15 is 0 Å². The van der Waals surface area contributed by atoms with Gasteiger partial charge in [-0.3, -0.25) is 9.69 Å². The van der Waals surface area contributed by atoms with Crippen molar-refractivity contribution in [1.82, 2.24) is 4.90 Å². The smallest absolute Gasteiger partial charge is 0.149 e. The summed E-state index contributed by atoms with van der Waals surface area (Å²) >= 11 is 0. The molecular weight excluding hydrogens is 697 g/mol. The van der Waals surface area contributed by atoms with Gasteiger partial charge in [0.25, 0.3) is 0 Å². The van der Waals surface area contributed by atoms with Gasteiger partial charge in [-0.05, 0) is 97.4 Å². The van der Waals surface area contributed by atoms with Gasteiger partial charge in [-0.15, -0.1) is 0 Å². The van der Waals surface area contributed by atoms with Crippen molar-refractivity contribution in [2.45, 2.75) is 25.0 Å². The van der Waals surface area contributed by atoms with Gasteiger partial charge in [-0.25, -0.2) is 0 Å². The zero-order chi connectivity index (χ0) is 38.6. The van der Waals surface area contributed by atoms with E-state index in [-0.39, 0.29) is 17.7 Å². The van der Waals surface area contributed by atoms with Crippen LogP contribution in [0.1, 0.15) is 18.4 Å². The van der Waals surface area contributed by atoms with E-state index in [1.165, 1.54) is 0 Å². The highest BCUT2D eigenvalue weighted by atomic mass is 16.5. The highest BCUT2D eigenvalue weighted by Crippen LogP contribution is 2.44. The first-order valence-corrected chi connectivity index (χ1v) is 18.9. The van der Waals surface area contributed by atoms with Crippen LogP contribution in [0.3, 0.4) is 0 Å². The first-order valence-electron chi connectivity index (χ1n) is 18.9. The molecule has 0 aromatic heterocycles. The minimum absolute atomic E-state index is 0.0195. The third-order valence-corrected chi connectivity index (χ3v) is 10.3. The van der Waals surface area contributed by atoms with Crippen molar-refractivity contribution < 1.29 is 38.3 Å². The Morgan fingerprint density at radius 3 is 1.38 bits per heavy atom. The number of likely N-dealkylation sites (N-methyl/N-ethyl adjacent to an activating group) is 1. The number of aliphatic hydroxyl groups excluding tert-OH is 1. The van der Waals surface area contributed by atoms with Crippen molar-refractivity contribution in [3.05, 3.63) is 127 Å². The van der Waals surface area contributed by atoms with Gasteiger partial charge >= 0.3 is 0 Å². The number of benzene rings is 4. The number of rotatable bonds is 20. The zero-order valence-electron chi connectivity index (χ0n) is 32.1. The van der Waals surface area contributed by atoms with E-state index in [0.29, 0.717) is 39.5 Å². The van der Waals surface area contributed by atoms with Crippen LogP contribution in [-0.4, -0.2) is 95.3 Å². The molecule has 3 unspecified atom stereocenters. The summed E-state index contributed by atoms with van der Waals surface area (Å²) in [5, 5.41) is 11.3. The highest BCUT2D eigenvalue weighted by molar-refractivity contribution is 5.96. The third kappa shape index (κ3) is 10.0. The quantitative estimate of drug-likeness (QED) is 0.0969. The number of hydrogen-bond acceptors (Lipinski definition) is 10. The van der Waals surface area contributed by atoms with Crippen molar-refractivity contribution in [2.24, 2.45) is 11.8 Å². The number of ether oxygens (including phenoxy) is 6. The summed E-state index contributed by atoms with van der Waals surface area (Å²) in [4.78, 5) is 18.1. The Morgan fingerprint density at radius 2 is 0.982 bits per heavy atom. The molecule has 0 heterocycles. The summed E-state index contributed by atoms with van der Waals surface area (Å²) in [6, 6.07) is 30.6. The molecule has 4 aromatic rings. The number of hydrogen-bond donors (Lipinski definition) is 1. The molecule has 1 saturated carbocycles. The SMILES string of the molecule is CCN(CCOc1ccc(OC)cc1)c1ccc(C2C(=O)C(C3C=CC(N(CCOc4ccc(OC)cc4)CCOc4ccc(OC)cc4)C=C3)C2O)cc1. The lowest BCUT2D eigenvalue weighted by Crippen LogP contribution is -2.53. The van der Waals surface area contributed by atoms with E-state index in [0.717, 1.165) is 52.3 Å². The summed E-state index contributed by atoms with van der Waals surface area (Å²) in [6.45, 7) is 6.40. The first-order chi connectivity index (χ1) is 26.9. The third-order valence-electron chi connectivity index (χ3n) is 10.3. The fraction of sp³-hybridized carbons (Fsp3) is 0.356. The second-order valence-electron chi connectivity index (χ2n) is 13.5. The molecular formula is C45H52N2O8. The van der Waals surface area contributed by atoms with E-state index in [1.807, 2.05) is 97.1 Å². The average Bonchev–Trinajstić information content (AvgIpc) is 3.23. The normalized spacial score (nSPS) is 20.1. The van der Waals surface area contributed by atoms with Gasteiger partial charge in [0, 0.05) is 37.3 Å². The summed E-state index contributed by atoms with van der Waals surface area (Å²) in [5.41, 5.74) is 1.88. The maximum absolute atomic E-state index is 13.6. The molecule has 2 aliphatic carbocycles. The Labute approximate surface area is 324 Å². The van der Waals surface area contributed by atoms with E-state index in [4.69, 9.17) is 28.4 Å². The lowest BCUT2D eigenvalue weighted by atomic mass is 9.62. The van der Waals surface area contributed by atoms with Crippen LogP contribution in [0.25, 0.3) is 0 Å². The fourth-order valence-corrected chi connectivity index (χ4v) is 7.13. The van der Waals surface area contributed by atoms with Gasteiger partial charge in [0.15, 0.2) is 0 Å². The summed E-state index contributed by atoms with van der Waals surface area (Å²) in [7, 11) is 4.92. The Kier molecular flexibility index (Phi) is 13.7. The van der Waals surface area contributed by atoms with Crippen molar-refractivity contribution in [3.63, 3.8) is 0 Å². The second kappa shape index (κ2) is 19.2.